The van der Waals surface area contributed by atoms with E-state index < -0.39 is 8.38 Å². The molecule has 0 fully saturated rings. The quantitative estimate of drug-likeness (QED) is 0.289. The molecule has 0 saturated heterocycles. The van der Waals surface area contributed by atoms with Crippen molar-refractivity contribution in [2.75, 3.05) is 0 Å². The number of benzene rings is 3. The molecule has 0 bridgehead atoms. The van der Waals surface area contributed by atoms with Gasteiger partial charge in [0.2, 0.25) is 0 Å². The van der Waals surface area contributed by atoms with Crippen molar-refractivity contribution >= 4 is 13.7 Å². The highest BCUT2D eigenvalue weighted by molar-refractivity contribution is 7.56. The van der Waals surface area contributed by atoms with Crippen molar-refractivity contribution < 1.29 is 9.05 Å². The molecule has 2 nitrogen and oxygen atoms in total. The molecule has 0 heterocycles. The van der Waals surface area contributed by atoms with Gasteiger partial charge in [-0.3, -0.25) is 0 Å². The molecule has 3 aromatic carbocycles. The third-order valence-corrected chi connectivity index (χ3v) is 9.28. The zero-order chi connectivity index (χ0) is 30.4. The zero-order valence-electron chi connectivity index (χ0n) is 27.9. The molecular formula is C37H53O2P. The van der Waals surface area contributed by atoms with Crippen LogP contribution in [0.15, 0.2) is 48.5 Å². The van der Waals surface area contributed by atoms with Crippen LogP contribution in [0.2, 0.25) is 0 Å². The molecule has 0 aliphatic carbocycles. The Labute approximate surface area is 246 Å². The van der Waals surface area contributed by atoms with E-state index in [0.29, 0.717) is 0 Å². The van der Waals surface area contributed by atoms with Crippen molar-refractivity contribution in [2.45, 2.75) is 126 Å². The van der Waals surface area contributed by atoms with Gasteiger partial charge >= 0.3 is 8.38 Å². The van der Waals surface area contributed by atoms with Gasteiger partial charge in [-0.05, 0) is 88.4 Å². The first-order chi connectivity index (χ1) is 18.1. The maximum absolute atomic E-state index is 7.01. The van der Waals surface area contributed by atoms with Gasteiger partial charge in [0.25, 0.3) is 0 Å². The summed E-state index contributed by atoms with van der Waals surface area (Å²) in [5, 5.41) is 1.12. The summed E-state index contributed by atoms with van der Waals surface area (Å²) in [6.07, 6.45) is 0. The van der Waals surface area contributed by atoms with Gasteiger partial charge in [-0.2, -0.15) is 0 Å². The second kappa shape index (κ2) is 11.2. The van der Waals surface area contributed by atoms with E-state index >= 15 is 0 Å². The van der Waals surface area contributed by atoms with Crippen molar-refractivity contribution in [3.8, 4) is 11.5 Å². The van der Waals surface area contributed by atoms with E-state index in [9.17, 15) is 0 Å². The van der Waals surface area contributed by atoms with E-state index in [4.69, 9.17) is 9.05 Å². The number of rotatable bonds is 5. The molecule has 0 N–H and O–H groups in total. The van der Waals surface area contributed by atoms with Crippen LogP contribution in [-0.2, 0) is 21.7 Å². The molecule has 0 saturated carbocycles. The number of hydrogen-bond donors (Lipinski definition) is 0. The Morgan fingerprint density at radius 1 is 0.450 bits per heavy atom. The standard InChI is InChI=1S/C37H53O2P/c1-24-20-26(3)33(21-25(24)2)40(38-31-18-16-27(34(4,5)6)22-29(31)36(10,11)12)39-32-19-17-28(35(7,8)9)23-30(32)37(13,14)15/h16-23H,1-15H3. The summed E-state index contributed by atoms with van der Waals surface area (Å²) in [6.45, 7) is 33.6. The fourth-order valence-electron chi connectivity index (χ4n) is 4.76. The normalized spacial score (nSPS) is 13.1. The van der Waals surface area contributed by atoms with Gasteiger partial charge in [-0.15, -0.1) is 0 Å². The van der Waals surface area contributed by atoms with E-state index in [0.717, 1.165) is 16.8 Å². The van der Waals surface area contributed by atoms with Crippen LogP contribution in [0.3, 0.4) is 0 Å². The van der Waals surface area contributed by atoms with Gasteiger partial charge in [0.1, 0.15) is 11.5 Å². The average Bonchev–Trinajstić information content (AvgIpc) is 2.78. The summed E-state index contributed by atoms with van der Waals surface area (Å²) in [5.74, 6) is 1.79. The van der Waals surface area contributed by atoms with Crippen LogP contribution in [0.25, 0.3) is 0 Å². The monoisotopic (exact) mass is 560 g/mol. The summed E-state index contributed by atoms with van der Waals surface area (Å²) < 4.78 is 14.0. The molecule has 3 heteroatoms. The van der Waals surface area contributed by atoms with Crippen molar-refractivity contribution in [3.05, 3.63) is 87.5 Å². The molecule has 0 aromatic heterocycles. The van der Waals surface area contributed by atoms with E-state index in [2.05, 4.69) is 152 Å². The van der Waals surface area contributed by atoms with Crippen molar-refractivity contribution in [2.24, 2.45) is 0 Å². The molecule has 3 aromatic rings. The topological polar surface area (TPSA) is 18.5 Å². The second-order valence-corrected chi connectivity index (χ2v) is 16.9. The first-order valence-corrected chi connectivity index (χ1v) is 15.8. The Morgan fingerprint density at radius 3 is 1.18 bits per heavy atom. The molecule has 0 radical (unpaired) electrons. The molecular weight excluding hydrogens is 507 g/mol. The van der Waals surface area contributed by atoms with E-state index in [1.807, 2.05) is 0 Å². The zero-order valence-corrected chi connectivity index (χ0v) is 28.8. The largest absolute Gasteiger partial charge is 0.435 e. The van der Waals surface area contributed by atoms with Gasteiger partial charge in [0, 0.05) is 11.1 Å². The van der Waals surface area contributed by atoms with Gasteiger partial charge in [-0.25, -0.2) is 0 Å². The maximum Gasteiger partial charge on any atom is 0.326 e. The Kier molecular flexibility index (Phi) is 8.99. The average molecular weight is 561 g/mol. The first-order valence-electron chi connectivity index (χ1n) is 14.6. The van der Waals surface area contributed by atoms with Crippen LogP contribution in [0, 0.1) is 20.8 Å². The summed E-state index contributed by atoms with van der Waals surface area (Å²) in [7, 11) is -1.46. The Hall–Kier alpha value is -2.31. The molecule has 0 atom stereocenters. The van der Waals surface area contributed by atoms with Crippen molar-refractivity contribution in [3.63, 3.8) is 0 Å². The minimum absolute atomic E-state index is 0.0564. The fourth-order valence-corrected chi connectivity index (χ4v) is 6.32. The maximum atomic E-state index is 7.01. The highest BCUT2D eigenvalue weighted by atomic mass is 31.2. The smallest absolute Gasteiger partial charge is 0.326 e. The molecule has 0 aliphatic heterocycles. The number of aryl methyl sites for hydroxylation is 3. The number of hydrogen-bond acceptors (Lipinski definition) is 2. The highest BCUT2D eigenvalue weighted by Gasteiger charge is 2.30. The third kappa shape index (κ3) is 7.50. The summed E-state index contributed by atoms with van der Waals surface area (Å²) in [4.78, 5) is 0. The molecule has 40 heavy (non-hydrogen) atoms. The van der Waals surface area contributed by atoms with Crippen LogP contribution in [0.1, 0.15) is 122 Å². The lowest BCUT2D eigenvalue weighted by Gasteiger charge is -2.31. The van der Waals surface area contributed by atoms with Crippen LogP contribution in [-0.4, -0.2) is 0 Å². The molecule has 0 unspecified atom stereocenters. The van der Waals surface area contributed by atoms with Gasteiger partial charge in [-0.1, -0.05) is 113 Å². The van der Waals surface area contributed by atoms with Crippen LogP contribution in [0.5, 0.6) is 11.5 Å². The fraction of sp³-hybridized carbons (Fsp3) is 0.514. The predicted octanol–water partition coefficient (Wildman–Crippen LogP) is 10.9. The second-order valence-electron chi connectivity index (χ2n) is 15.6. The van der Waals surface area contributed by atoms with Crippen LogP contribution >= 0.6 is 8.38 Å². The van der Waals surface area contributed by atoms with Crippen molar-refractivity contribution in [1.29, 1.82) is 0 Å². The van der Waals surface area contributed by atoms with Gasteiger partial charge < -0.3 is 9.05 Å². The SMILES string of the molecule is Cc1cc(C)c(P(Oc2ccc(C(C)(C)C)cc2C(C)(C)C)Oc2ccc(C(C)(C)C)cc2C(C)(C)C)cc1C. The summed E-state index contributed by atoms with van der Waals surface area (Å²) >= 11 is 0. The summed E-state index contributed by atoms with van der Waals surface area (Å²) in [5.41, 5.74) is 8.71. The molecule has 0 spiro atoms. The lowest BCUT2D eigenvalue weighted by Crippen LogP contribution is -2.21. The lowest BCUT2D eigenvalue weighted by molar-refractivity contribution is 0.466. The molecule has 218 valence electrons. The van der Waals surface area contributed by atoms with E-state index in [1.54, 1.807) is 0 Å². The summed E-state index contributed by atoms with van der Waals surface area (Å²) in [6, 6.07) is 17.9. The van der Waals surface area contributed by atoms with E-state index in [-0.39, 0.29) is 21.7 Å². The Balaban J connectivity index is 2.22. The first kappa shape index (κ1) is 32.2. The lowest BCUT2D eigenvalue weighted by atomic mass is 9.80. The molecule has 3 rings (SSSR count). The van der Waals surface area contributed by atoms with Gasteiger partial charge in [0.05, 0.1) is 5.30 Å². The Bertz CT molecular complexity index is 1280. The van der Waals surface area contributed by atoms with E-state index in [1.165, 1.54) is 38.9 Å². The molecule has 0 aliphatic rings. The van der Waals surface area contributed by atoms with Crippen LogP contribution in [0.4, 0.5) is 0 Å². The van der Waals surface area contributed by atoms with Crippen LogP contribution < -0.4 is 14.4 Å². The highest BCUT2D eigenvalue weighted by Crippen LogP contribution is 2.47. The third-order valence-electron chi connectivity index (χ3n) is 7.68. The Morgan fingerprint density at radius 2 is 0.825 bits per heavy atom. The minimum atomic E-state index is -1.46. The van der Waals surface area contributed by atoms with Gasteiger partial charge in [0.15, 0.2) is 0 Å². The minimum Gasteiger partial charge on any atom is -0.435 e. The molecule has 0 amide bonds. The van der Waals surface area contributed by atoms with Crippen molar-refractivity contribution in [1.82, 2.24) is 0 Å². The predicted molar refractivity (Wildman–Crippen MR) is 176 cm³/mol.